The highest BCUT2D eigenvalue weighted by Crippen LogP contribution is 2.30. The average Bonchev–Trinajstić information content (AvgIpc) is 3.54. The number of thioether (sulfide) groups is 1. The number of hydrogen-bond acceptors (Lipinski definition) is 6. The highest BCUT2D eigenvalue weighted by Gasteiger charge is 2.30. The molecular weight excluding hydrogens is 493 g/mol. The monoisotopic (exact) mass is 516 g/mol. The minimum absolute atomic E-state index is 0.00447. The Morgan fingerprint density at radius 2 is 1.89 bits per heavy atom. The van der Waals surface area contributed by atoms with Crippen LogP contribution in [0.1, 0.15) is 27.0 Å². The lowest BCUT2D eigenvalue weighted by molar-refractivity contribution is -0.137. The third kappa shape index (κ3) is 6.35. The highest BCUT2D eigenvalue weighted by atomic mass is 32.2. The first kappa shape index (κ1) is 25.5. The number of alkyl halides is 3. The molecule has 36 heavy (non-hydrogen) atoms. The molecule has 2 aromatic carbocycles. The van der Waals surface area contributed by atoms with Crippen LogP contribution in [0, 0.1) is 0 Å². The fourth-order valence-corrected chi connectivity index (χ4v) is 4.33. The molecule has 0 bridgehead atoms. The second-order valence-corrected chi connectivity index (χ2v) is 8.74. The zero-order valence-electron chi connectivity index (χ0n) is 19.3. The molecule has 0 aliphatic heterocycles. The predicted octanol–water partition coefficient (Wildman–Crippen LogP) is 5.43. The van der Waals surface area contributed by atoms with Gasteiger partial charge in [-0.25, -0.2) is 0 Å². The first-order valence-electron chi connectivity index (χ1n) is 11.0. The van der Waals surface area contributed by atoms with Crippen LogP contribution in [0.2, 0.25) is 0 Å². The van der Waals surface area contributed by atoms with Gasteiger partial charge in [0.05, 0.1) is 25.0 Å². The summed E-state index contributed by atoms with van der Waals surface area (Å²) in [5.74, 6) is 1.46. The van der Waals surface area contributed by atoms with Crippen molar-refractivity contribution in [3.63, 3.8) is 0 Å². The molecule has 4 aromatic rings. The lowest BCUT2D eigenvalue weighted by Crippen LogP contribution is -2.23. The van der Waals surface area contributed by atoms with Gasteiger partial charge in [0, 0.05) is 25.0 Å². The summed E-state index contributed by atoms with van der Waals surface area (Å²) in [7, 11) is 1.63. The number of carbonyl (C=O) groups excluding carboxylic acids is 1. The highest BCUT2D eigenvalue weighted by molar-refractivity contribution is 7.98. The maximum absolute atomic E-state index is 12.9. The van der Waals surface area contributed by atoms with Gasteiger partial charge in [-0.05, 0) is 47.5 Å². The molecule has 7 nitrogen and oxygen atoms in total. The van der Waals surface area contributed by atoms with Gasteiger partial charge in [0.1, 0.15) is 0 Å². The van der Waals surface area contributed by atoms with Crippen LogP contribution in [0.4, 0.5) is 13.2 Å². The number of rotatable bonds is 10. The molecule has 0 fully saturated rings. The van der Waals surface area contributed by atoms with Crippen LogP contribution in [-0.2, 0) is 29.8 Å². The summed E-state index contributed by atoms with van der Waals surface area (Å²) in [4.78, 5) is 12.5. The van der Waals surface area contributed by atoms with Crippen molar-refractivity contribution < 1.29 is 27.1 Å². The second-order valence-electron chi connectivity index (χ2n) is 7.79. The van der Waals surface area contributed by atoms with Crippen molar-refractivity contribution in [1.29, 1.82) is 0 Å². The standard InChI is InChI=1S/C25H23F3N4O3S/c1-34-13-11-32-22(21-6-3-12-35-21)30-31-24(32)36-16-17-7-9-19(10-8-17)23(33)29-15-18-4-2-5-20(14-18)25(26,27)28/h2-10,12,14H,11,13,15-16H2,1H3,(H,29,33). The molecule has 0 radical (unpaired) electrons. The third-order valence-electron chi connectivity index (χ3n) is 5.27. The Labute approximate surface area is 209 Å². The Hall–Kier alpha value is -3.57. The Bertz CT molecular complexity index is 1290. The van der Waals surface area contributed by atoms with Gasteiger partial charge in [-0.2, -0.15) is 13.2 Å². The first-order chi connectivity index (χ1) is 17.3. The van der Waals surface area contributed by atoms with E-state index in [0.717, 1.165) is 17.7 Å². The number of hydrogen-bond donors (Lipinski definition) is 1. The van der Waals surface area contributed by atoms with Crippen molar-refractivity contribution in [1.82, 2.24) is 20.1 Å². The van der Waals surface area contributed by atoms with E-state index in [1.54, 1.807) is 37.6 Å². The van der Waals surface area contributed by atoms with Crippen LogP contribution < -0.4 is 5.32 Å². The minimum Gasteiger partial charge on any atom is -0.461 e. The first-order valence-corrected chi connectivity index (χ1v) is 12.0. The maximum atomic E-state index is 12.9. The molecule has 188 valence electrons. The van der Waals surface area contributed by atoms with E-state index in [2.05, 4.69) is 15.5 Å². The van der Waals surface area contributed by atoms with Crippen LogP contribution in [0.5, 0.6) is 0 Å². The van der Waals surface area contributed by atoms with E-state index in [-0.39, 0.29) is 12.5 Å². The number of nitrogens with zero attached hydrogens (tertiary/aromatic N) is 3. The molecule has 1 N–H and O–H groups in total. The molecule has 0 aliphatic carbocycles. The van der Waals surface area contributed by atoms with Crippen LogP contribution >= 0.6 is 11.8 Å². The van der Waals surface area contributed by atoms with Crippen LogP contribution in [0.25, 0.3) is 11.6 Å². The predicted molar refractivity (Wildman–Crippen MR) is 128 cm³/mol. The molecule has 0 unspecified atom stereocenters. The molecule has 2 aromatic heterocycles. The van der Waals surface area contributed by atoms with E-state index in [1.165, 1.54) is 17.8 Å². The molecule has 0 aliphatic rings. The lowest BCUT2D eigenvalue weighted by atomic mass is 10.1. The van der Waals surface area contributed by atoms with E-state index >= 15 is 0 Å². The van der Waals surface area contributed by atoms with Gasteiger partial charge < -0.3 is 14.5 Å². The second kappa shape index (κ2) is 11.4. The average molecular weight is 517 g/mol. The number of aromatic nitrogens is 3. The van der Waals surface area contributed by atoms with Gasteiger partial charge in [0.2, 0.25) is 5.82 Å². The SMILES string of the molecule is COCCn1c(SCc2ccc(C(=O)NCc3cccc(C(F)(F)F)c3)cc2)nnc1-c1ccco1. The van der Waals surface area contributed by atoms with E-state index in [9.17, 15) is 18.0 Å². The Morgan fingerprint density at radius 3 is 2.58 bits per heavy atom. The molecular formula is C25H23F3N4O3S. The number of halogens is 3. The van der Waals surface area contributed by atoms with E-state index in [1.807, 2.05) is 22.8 Å². The van der Waals surface area contributed by atoms with Crippen molar-refractivity contribution in [3.8, 4) is 11.6 Å². The summed E-state index contributed by atoms with van der Waals surface area (Å²) in [5, 5.41) is 11.9. The van der Waals surface area contributed by atoms with Crippen molar-refractivity contribution in [2.45, 2.75) is 30.2 Å². The quantitative estimate of drug-likeness (QED) is 0.283. The summed E-state index contributed by atoms with van der Waals surface area (Å²) in [5.41, 5.74) is 1.01. The summed E-state index contributed by atoms with van der Waals surface area (Å²) in [6.07, 6.45) is -2.85. The van der Waals surface area contributed by atoms with E-state index in [4.69, 9.17) is 9.15 Å². The van der Waals surface area contributed by atoms with Gasteiger partial charge in [-0.1, -0.05) is 36.0 Å². The number of carbonyl (C=O) groups is 1. The maximum Gasteiger partial charge on any atom is 0.416 e. The Morgan fingerprint density at radius 1 is 1.08 bits per heavy atom. The summed E-state index contributed by atoms with van der Waals surface area (Å²) in [6, 6.07) is 15.5. The van der Waals surface area contributed by atoms with Crippen LogP contribution in [-0.4, -0.2) is 34.4 Å². The fraction of sp³-hybridized carbons (Fsp3) is 0.240. The number of furan rings is 1. The largest absolute Gasteiger partial charge is 0.461 e. The molecule has 2 heterocycles. The van der Waals surface area contributed by atoms with Gasteiger partial charge in [-0.3, -0.25) is 9.36 Å². The minimum atomic E-state index is -4.43. The van der Waals surface area contributed by atoms with Crippen molar-refractivity contribution in [2.75, 3.05) is 13.7 Å². The molecule has 0 spiro atoms. The normalized spacial score (nSPS) is 11.6. The lowest BCUT2D eigenvalue weighted by Gasteiger charge is -2.10. The summed E-state index contributed by atoms with van der Waals surface area (Å²) >= 11 is 1.49. The summed E-state index contributed by atoms with van der Waals surface area (Å²) in [6.45, 7) is 1.05. The zero-order valence-corrected chi connectivity index (χ0v) is 20.1. The van der Waals surface area contributed by atoms with E-state index in [0.29, 0.717) is 46.8 Å². The van der Waals surface area contributed by atoms with Gasteiger partial charge in [0.25, 0.3) is 5.91 Å². The number of ether oxygens (including phenoxy) is 1. The molecule has 11 heteroatoms. The third-order valence-corrected chi connectivity index (χ3v) is 6.31. The van der Waals surface area contributed by atoms with Gasteiger partial charge >= 0.3 is 6.18 Å². The number of amides is 1. The van der Waals surface area contributed by atoms with Gasteiger partial charge in [0.15, 0.2) is 10.9 Å². The molecule has 4 rings (SSSR count). The van der Waals surface area contributed by atoms with Crippen molar-refractivity contribution in [3.05, 3.63) is 89.2 Å². The number of methoxy groups -OCH3 is 1. The number of benzene rings is 2. The van der Waals surface area contributed by atoms with Gasteiger partial charge in [-0.15, -0.1) is 10.2 Å². The topological polar surface area (TPSA) is 82.2 Å². The zero-order chi connectivity index (χ0) is 25.5. The molecule has 0 saturated heterocycles. The Kier molecular flexibility index (Phi) is 8.11. The van der Waals surface area contributed by atoms with Crippen LogP contribution in [0.3, 0.4) is 0 Å². The Balaban J connectivity index is 1.36. The fourth-order valence-electron chi connectivity index (χ4n) is 3.41. The number of nitrogens with one attached hydrogen (secondary N) is 1. The van der Waals surface area contributed by atoms with Crippen molar-refractivity contribution in [2.24, 2.45) is 0 Å². The molecule has 0 atom stereocenters. The molecule has 0 saturated carbocycles. The smallest absolute Gasteiger partial charge is 0.416 e. The van der Waals surface area contributed by atoms with Crippen LogP contribution in [0.15, 0.2) is 76.5 Å². The summed E-state index contributed by atoms with van der Waals surface area (Å²) < 4.78 is 51.2. The molecule has 1 amide bonds. The van der Waals surface area contributed by atoms with Crippen molar-refractivity contribution >= 4 is 17.7 Å². The van der Waals surface area contributed by atoms with E-state index < -0.39 is 11.7 Å².